The van der Waals surface area contributed by atoms with Gasteiger partial charge < -0.3 is 0 Å². The molecular weight excluding hydrogens is 232 g/mol. The molecule has 0 fully saturated rings. The average Bonchev–Trinajstić information content (AvgIpc) is 2.89. The van der Waals surface area contributed by atoms with Crippen LogP contribution in [-0.4, -0.2) is 4.57 Å². The maximum Gasteiger partial charge on any atom is 0.243 e. The number of hydrogen-bond donors (Lipinski definition) is 0. The Kier molecular flexibility index (Phi) is 8.61. The Hall–Kier alpha value is -0.790. The SMILES string of the molecule is [CH2]CCCCCCCCCn1cc[n+](C(C)CC)c1. The number of rotatable bonds is 11. The normalized spacial score (nSPS) is 12.8. The molecule has 2 nitrogen and oxygen atoms in total. The minimum Gasteiger partial charge on any atom is -0.237 e. The molecule has 0 amide bonds. The van der Waals surface area contributed by atoms with Crippen molar-refractivity contribution in [3.8, 4) is 0 Å². The molecule has 0 aliphatic rings. The molecule has 1 radical (unpaired) electrons. The van der Waals surface area contributed by atoms with E-state index >= 15 is 0 Å². The van der Waals surface area contributed by atoms with Gasteiger partial charge in [0.15, 0.2) is 0 Å². The van der Waals surface area contributed by atoms with Crippen molar-refractivity contribution < 1.29 is 4.57 Å². The van der Waals surface area contributed by atoms with Crippen LogP contribution >= 0.6 is 0 Å². The number of unbranched alkanes of at least 4 members (excludes halogenated alkanes) is 7. The van der Waals surface area contributed by atoms with Crippen LogP contribution in [0.2, 0.25) is 0 Å². The van der Waals surface area contributed by atoms with Crippen LogP contribution in [0.25, 0.3) is 0 Å². The molecule has 1 unspecified atom stereocenters. The van der Waals surface area contributed by atoms with Crippen molar-refractivity contribution in [1.82, 2.24) is 4.57 Å². The molecule has 0 saturated heterocycles. The lowest BCUT2D eigenvalue weighted by Gasteiger charge is -2.02. The van der Waals surface area contributed by atoms with E-state index in [1.54, 1.807) is 0 Å². The highest BCUT2D eigenvalue weighted by atomic mass is 15.1. The number of nitrogens with zero attached hydrogens (tertiary/aromatic N) is 2. The minimum atomic E-state index is 0.620. The molecule has 1 aromatic rings. The molecule has 2 heteroatoms. The molecular formula is C17H32N2+. The van der Waals surface area contributed by atoms with E-state index in [9.17, 15) is 0 Å². The molecule has 1 atom stereocenters. The van der Waals surface area contributed by atoms with Crippen molar-refractivity contribution in [3.05, 3.63) is 25.6 Å². The predicted octanol–water partition coefficient (Wildman–Crippen LogP) is 4.70. The van der Waals surface area contributed by atoms with E-state index in [4.69, 9.17) is 0 Å². The summed E-state index contributed by atoms with van der Waals surface area (Å²) in [6.07, 6.45) is 18.5. The lowest BCUT2D eigenvalue weighted by molar-refractivity contribution is -0.719. The van der Waals surface area contributed by atoms with Crippen molar-refractivity contribution in [2.24, 2.45) is 0 Å². The minimum absolute atomic E-state index is 0.620. The van der Waals surface area contributed by atoms with Gasteiger partial charge in [-0.25, -0.2) is 9.13 Å². The Balaban J connectivity index is 2.04. The fraction of sp³-hybridized carbons (Fsp3) is 0.765. The van der Waals surface area contributed by atoms with Gasteiger partial charge in [0.25, 0.3) is 0 Å². The molecule has 109 valence electrons. The van der Waals surface area contributed by atoms with E-state index in [0.29, 0.717) is 6.04 Å². The van der Waals surface area contributed by atoms with Crippen LogP contribution in [0.1, 0.15) is 77.7 Å². The Bertz CT molecular complexity index is 317. The highest BCUT2D eigenvalue weighted by Gasteiger charge is 2.08. The maximum atomic E-state index is 3.88. The summed E-state index contributed by atoms with van der Waals surface area (Å²) in [6.45, 7) is 9.56. The first-order chi connectivity index (χ1) is 9.27. The van der Waals surface area contributed by atoms with Gasteiger partial charge in [-0.1, -0.05) is 52.4 Å². The third kappa shape index (κ3) is 6.79. The van der Waals surface area contributed by atoms with Crippen molar-refractivity contribution >= 4 is 0 Å². The van der Waals surface area contributed by atoms with Gasteiger partial charge in [0.2, 0.25) is 6.33 Å². The van der Waals surface area contributed by atoms with Crippen LogP contribution < -0.4 is 4.57 Å². The first-order valence-electron chi connectivity index (χ1n) is 8.13. The van der Waals surface area contributed by atoms with E-state index in [1.807, 2.05) is 0 Å². The summed E-state index contributed by atoms with van der Waals surface area (Å²) < 4.78 is 4.65. The number of aryl methyl sites for hydroxylation is 1. The van der Waals surface area contributed by atoms with Crippen LogP contribution in [0.5, 0.6) is 0 Å². The Morgan fingerprint density at radius 3 is 2.32 bits per heavy atom. The predicted molar refractivity (Wildman–Crippen MR) is 81.9 cm³/mol. The Labute approximate surface area is 119 Å². The first-order valence-corrected chi connectivity index (χ1v) is 8.13. The van der Waals surface area contributed by atoms with E-state index in [1.165, 1.54) is 57.9 Å². The lowest BCUT2D eigenvalue weighted by atomic mass is 10.1. The molecule has 0 aliphatic heterocycles. The second-order valence-corrected chi connectivity index (χ2v) is 5.68. The van der Waals surface area contributed by atoms with Crippen LogP contribution in [0.15, 0.2) is 18.7 Å². The van der Waals surface area contributed by atoms with Crippen LogP contribution in [0.3, 0.4) is 0 Å². The van der Waals surface area contributed by atoms with Crippen LogP contribution in [-0.2, 0) is 6.54 Å². The second-order valence-electron chi connectivity index (χ2n) is 5.68. The largest absolute Gasteiger partial charge is 0.243 e. The molecule has 0 bridgehead atoms. The highest BCUT2D eigenvalue weighted by molar-refractivity contribution is 4.67. The zero-order valence-corrected chi connectivity index (χ0v) is 13.0. The summed E-state index contributed by atoms with van der Waals surface area (Å²) >= 11 is 0. The van der Waals surface area contributed by atoms with Crippen LogP contribution in [0.4, 0.5) is 0 Å². The second kappa shape index (κ2) is 10.1. The number of hydrogen-bond acceptors (Lipinski definition) is 0. The van der Waals surface area contributed by atoms with Gasteiger partial charge in [0.1, 0.15) is 12.4 Å². The summed E-state index contributed by atoms with van der Waals surface area (Å²) in [5, 5.41) is 0. The molecule has 1 rings (SSSR count). The summed E-state index contributed by atoms with van der Waals surface area (Å²) in [4.78, 5) is 0. The molecule has 0 N–H and O–H groups in total. The summed E-state index contributed by atoms with van der Waals surface area (Å²) in [7, 11) is 0. The van der Waals surface area contributed by atoms with Gasteiger partial charge in [0.05, 0.1) is 12.6 Å². The van der Waals surface area contributed by atoms with E-state index in [0.717, 1.165) is 6.42 Å². The summed E-state index contributed by atoms with van der Waals surface area (Å²) in [5.41, 5.74) is 0. The molecule has 0 aliphatic carbocycles. The fourth-order valence-electron chi connectivity index (χ4n) is 2.37. The molecule has 1 aromatic heterocycles. The number of aromatic nitrogens is 2. The van der Waals surface area contributed by atoms with E-state index in [2.05, 4.69) is 48.6 Å². The summed E-state index contributed by atoms with van der Waals surface area (Å²) in [5.74, 6) is 0. The summed E-state index contributed by atoms with van der Waals surface area (Å²) in [6, 6.07) is 0.620. The highest BCUT2D eigenvalue weighted by Crippen LogP contribution is 2.09. The molecule has 0 aromatic carbocycles. The van der Waals surface area contributed by atoms with Crippen molar-refractivity contribution in [2.75, 3.05) is 0 Å². The zero-order chi connectivity index (χ0) is 13.9. The van der Waals surface area contributed by atoms with Crippen molar-refractivity contribution in [2.45, 2.75) is 84.2 Å². The molecule has 1 heterocycles. The van der Waals surface area contributed by atoms with E-state index < -0.39 is 0 Å². The molecule has 19 heavy (non-hydrogen) atoms. The third-order valence-electron chi connectivity index (χ3n) is 3.98. The smallest absolute Gasteiger partial charge is 0.237 e. The number of imidazole rings is 1. The van der Waals surface area contributed by atoms with Crippen molar-refractivity contribution in [1.29, 1.82) is 0 Å². The average molecular weight is 264 g/mol. The third-order valence-corrected chi connectivity index (χ3v) is 3.98. The molecule has 0 spiro atoms. The maximum absolute atomic E-state index is 3.88. The van der Waals surface area contributed by atoms with Gasteiger partial charge in [0, 0.05) is 0 Å². The van der Waals surface area contributed by atoms with Gasteiger partial charge in [-0.2, -0.15) is 0 Å². The first kappa shape index (κ1) is 16.3. The van der Waals surface area contributed by atoms with Crippen LogP contribution in [0, 0.1) is 6.92 Å². The van der Waals surface area contributed by atoms with Gasteiger partial charge in [-0.15, -0.1) is 0 Å². The van der Waals surface area contributed by atoms with Gasteiger partial charge >= 0.3 is 0 Å². The quantitative estimate of drug-likeness (QED) is 0.404. The Morgan fingerprint density at radius 1 is 1.05 bits per heavy atom. The van der Waals surface area contributed by atoms with Gasteiger partial charge in [-0.3, -0.25) is 0 Å². The zero-order valence-electron chi connectivity index (χ0n) is 13.0. The Morgan fingerprint density at radius 2 is 1.68 bits per heavy atom. The lowest BCUT2D eigenvalue weighted by Crippen LogP contribution is -2.34. The molecule has 0 saturated carbocycles. The van der Waals surface area contributed by atoms with Gasteiger partial charge in [-0.05, 0) is 26.2 Å². The fourth-order valence-corrected chi connectivity index (χ4v) is 2.37. The standard InChI is InChI=1S/C17H32N2/c1-4-6-7-8-9-10-11-12-13-18-14-15-19(16-18)17(3)5-2/h14-17H,1,4-13H2,2-3H3/q+1. The van der Waals surface area contributed by atoms with E-state index in [-0.39, 0.29) is 0 Å². The monoisotopic (exact) mass is 264 g/mol. The topological polar surface area (TPSA) is 8.81 Å². The van der Waals surface area contributed by atoms with Crippen molar-refractivity contribution in [3.63, 3.8) is 0 Å².